The molecule has 0 atom stereocenters. The van der Waals surface area contributed by atoms with E-state index in [1.165, 1.54) is 0 Å². The fraction of sp³-hybridized carbons (Fsp3) is 0.632. The van der Waals surface area contributed by atoms with Gasteiger partial charge in [-0.05, 0) is 31.0 Å². The summed E-state index contributed by atoms with van der Waals surface area (Å²) in [6.07, 6.45) is 1.66. The fourth-order valence-corrected chi connectivity index (χ4v) is 3.08. The Morgan fingerprint density at radius 1 is 1.28 bits per heavy atom. The Bertz CT molecular complexity index is 531. The van der Waals surface area contributed by atoms with E-state index in [9.17, 15) is 4.79 Å². The third kappa shape index (κ3) is 6.84. The number of piperazine rings is 1. The molecule has 25 heavy (non-hydrogen) atoms. The molecule has 2 N–H and O–H groups in total. The van der Waals surface area contributed by atoms with Crippen molar-refractivity contribution in [3.8, 4) is 5.75 Å². The van der Waals surface area contributed by atoms with Gasteiger partial charge in [-0.15, -0.1) is 12.4 Å². The molecule has 1 aliphatic rings. The number of halogens is 1. The van der Waals surface area contributed by atoms with Crippen LogP contribution in [0.25, 0.3) is 0 Å². The van der Waals surface area contributed by atoms with Crippen molar-refractivity contribution in [2.24, 2.45) is 5.41 Å². The molecular formula is C19H32ClN3O2. The SMILES string of the molecule is COc1ccccc1CC(C)(C)C(=O)NCCCN1CCNCC1.Cl. The average molecular weight is 370 g/mol. The molecule has 0 aliphatic carbocycles. The molecule has 1 aromatic rings. The molecule has 1 amide bonds. The standard InChI is InChI=1S/C19H31N3O2.ClH/c1-19(2,15-16-7-4-5-8-17(16)24-3)18(23)21-9-6-12-22-13-10-20-11-14-22;/h4-5,7-8,20H,6,9-15H2,1-3H3,(H,21,23);1H. The van der Waals surface area contributed by atoms with Crippen molar-refractivity contribution in [3.63, 3.8) is 0 Å². The average Bonchev–Trinajstić information content (AvgIpc) is 2.59. The van der Waals surface area contributed by atoms with Gasteiger partial charge in [-0.2, -0.15) is 0 Å². The summed E-state index contributed by atoms with van der Waals surface area (Å²) in [7, 11) is 1.67. The van der Waals surface area contributed by atoms with Gasteiger partial charge in [-0.25, -0.2) is 0 Å². The zero-order chi connectivity index (χ0) is 17.4. The normalized spacial score (nSPS) is 15.3. The van der Waals surface area contributed by atoms with Crippen LogP contribution in [0.2, 0.25) is 0 Å². The summed E-state index contributed by atoms with van der Waals surface area (Å²) in [5.41, 5.74) is 0.616. The number of hydrogen-bond donors (Lipinski definition) is 2. The van der Waals surface area contributed by atoms with Gasteiger partial charge in [0.1, 0.15) is 5.75 Å². The van der Waals surface area contributed by atoms with Gasteiger partial charge in [0.15, 0.2) is 0 Å². The summed E-state index contributed by atoms with van der Waals surface area (Å²) < 4.78 is 5.39. The van der Waals surface area contributed by atoms with Gasteiger partial charge >= 0.3 is 0 Å². The molecule has 6 heteroatoms. The molecule has 0 unspecified atom stereocenters. The molecule has 0 bridgehead atoms. The van der Waals surface area contributed by atoms with Crippen molar-refractivity contribution >= 4 is 18.3 Å². The van der Waals surface area contributed by atoms with Crippen LogP contribution < -0.4 is 15.4 Å². The second-order valence-corrected chi connectivity index (χ2v) is 7.07. The van der Waals surface area contributed by atoms with Crippen molar-refractivity contribution in [3.05, 3.63) is 29.8 Å². The number of carbonyl (C=O) groups is 1. The quantitative estimate of drug-likeness (QED) is 0.689. The third-order valence-electron chi connectivity index (χ3n) is 4.59. The van der Waals surface area contributed by atoms with Crippen LogP contribution in [0.1, 0.15) is 25.8 Å². The predicted octanol–water partition coefficient (Wildman–Crippen LogP) is 2.10. The van der Waals surface area contributed by atoms with Crippen molar-refractivity contribution < 1.29 is 9.53 Å². The number of ether oxygens (including phenoxy) is 1. The Morgan fingerprint density at radius 2 is 1.96 bits per heavy atom. The zero-order valence-electron chi connectivity index (χ0n) is 15.6. The molecule has 142 valence electrons. The monoisotopic (exact) mass is 369 g/mol. The van der Waals surface area contributed by atoms with Gasteiger partial charge in [0.25, 0.3) is 0 Å². The maximum absolute atomic E-state index is 12.5. The Labute approximate surface area is 157 Å². The highest BCUT2D eigenvalue weighted by atomic mass is 35.5. The summed E-state index contributed by atoms with van der Waals surface area (Å²) >= 11 is 0. The first-order valence-electron chi connectivity index (χ1n) is 8.86. The summed E-state index contributed by atoms with van der Waals surface area (Å²) in [6.45, 7) is 10.1. The number of nitrogens with one attached hydrogen (secondary N) is 2. The van der Waals surface area contributed by atoms with Gasteiger partial charge in [0.05, 0.1) is 7.11 Å². The minimum Gasteiger partial charge on any atom is -0.496 e. The molecule has 0 aromatic heterocycles. The number of nitrogens with zero attached hydrogens (tertiary/aromatic N) is 1. The van der Waals surface area contributed by atoms with E-state index in [1.54, 1.807) is 7.11 Å². The molecule has 5 nitrogen and oxygen atoms in total. The summed E-state index contributed by atoms with van der Waals surface area (Å²) in [6, 6.07) is 7.90. The molecule has 1 aromatic carbocycles. The van der Waals surface area contributed by atoms with E-state index in [2.05, 4.69) is 15.5 Å². The molecular weight excluding hydrogens is 338 g/mol. The maximum atomic E-state index is 12.5. The Hall–Kier alpha value is -1.30. The topological polar surface area (TPSA) is 53.6 Å². The van der Waals surface area contributed by atoms with E-state index < -0.39 is 5.41 Å². The molecule has 0 saturated carbocycles. The van der Waals surface area contributed by atoms with E-state index in [0.29, 0.717) is 6.42 Å². The number of amides is 1. The number of benzene rings is 1. The van der Waals surface area contributed by atoms with E-state index in [4.69, 9.17) is 4.74 Å². The van der Waals surface area contributed by atoms with Gasteiger partial charge in [0.2, 0.25) is 5.91 Å². The molecule has 1 aliphatic heterocycles. The van der Waals surface area contributed by atoms with E-state index >= 15 is 0 Å². The van der Waals surface area contributed by atoms with Gasteiger partial charge in [-0.3, -0.25) is 4.79 Å². The van der Waals surface area contributed by atoms with Crippen LogP contribution in [-0.2, 0) is 11.2 Å². The highest BCUT2D eigenvalue weighted by Crippen LogP contribution is 2.27. The van der Waals surface area contributed by atoms with Gasteiger partial charge in [0, 0.05) is 38.1 Å². The number of para-hydroxylation sites is 1. The summed E-state index contributed by atoms with van der Waals surface area (Å²) in [5.74, 6) is 0.950. The molecule has 2 rings (SSSR count). The van der Waals surface area contributed by atoms with Crippen molar-refractivity contribution in [1.29, 1.82) is 0 Å². The first kappa shape index (κ1) is 21.7. The minimum absolute atomic E-state index is 0. The Balaban J connectivity index is 0.00000312. The smallest absolute Gasteiger partial charge is 0.225 e. The first-order chi connectivity index (χ1) is 11.5. The summed E-state index contributed by atoms with van der Waals surface area (Å²) in [4.78, 5) is 15.0. The van der Waals surface area contributed by atoms with E-state index in [-0.39, 0.29) is 18.3 Å². The van der Waals surface area contributed by atoms with Crippen LogP contribution in [0.3, 0.4) is 0 Å². The fourth-order valence-electron chi connectivity index (χ4n) is 3.08. The molecule has 1 heterocycles. The highest BCUT2D eigenvalue weighted by Gasteiger charge is 2.28. The number of rotatable bonds is 8. The van der Waals surface area contributed by atoms with Crippen molar-refractivity contribution in [2.75, 3.05) is 46.4 Å². The first-order valence-corrected chi connectivity index (χ1v) is 8.86. The van der Waals surface area contributed by atoms with Gasteiger partial charge < -0.3 is 20.3 Å². The third-order valence-corrected chi connectivity index (χ3v) is 4.59. The number of carbonyl (C=O) groups excluding carboxylic acids is 1. The van der Waals surface area contributed by atoms with Crippen molar-refractivity contribution in [1.82, 2.24) is 15.5 Å². The van der Waals surface area contributed by atoms with Crippen LogP contribution in [0, 0.1) is 5.41 Å². The van der Waals surface area contributed by atoms with Crippen LogP contribution in [0.15, 0.2) is 24.3 Å². The van der Waals surface area contributed by atoms with Crippen LogP contribution in [0.5, 0.6) is 5.75 Å². The van der Waals surface area contributed by atoms with Crippen LogP contribution in [-0.4, -0.2) is 57.2 Å². The summed E-state index contributed by atoms with van der Waals surface area (Å²) in [5, 5.41) is 6.45. The number of methoxy groups -OCH3 is 1. The maximum Gasteiger partial charge on any atom is 0.225 e. The van der Waals surface area contributed by atoms with Crippen LogP contribution in [0.4, 0.5) is 0 Å². The van der Waals surface area contributed by atoms with E-state index in [1.807, 2.05) is 38.1 Å². The zero-order valence-corrected chi connectivity index (χ0v) is 16.5. The minimum atomic E-state index is -0.455. The van der Waals surface area contributed by atoms with Crippen LogP contribution >= 0.6 is 12.4 Å². The highest BCUT2D eigenvalue weighted by molar-refractivity contribution is 5.85. The lowest BCUT2D eigenvalue weighted by atomic mass is 9.84. The second kappa shape index (κ2) is 10.6. The molecule has 1 saturated heterocycles. The Morgan fingerprint density at radius 3 is 2.64 bits per heavy atom. The van der Waals surface area contributed by atoms with Crippen molar-refractivity contribution in [2.45, 2.75) is 26.7 Å². The lowest BCUT2D eigenvalue weighted by Gasteiger charge is -2.28. The van der Waals surface area contributed by atoms with E-state index in [0.717, 1.165) is 57.0 Å². The molecule has 0 spiro atoms. The Kier molecular flexibility index (Phi) is 9.25. The lowest BCUT2D eigenvalue weighted by Crippen LogP contribution is -2.44. The molecule has 0 radical (unpaired) electrons. The lowest BCUT2D eigenvalue weighted by molar-refractivity contribution is -0.129. The van der Waals surface area contributed by atoms with Gasteiger partial charge in [-0.1, -0.05) is 32.0 Å². The second-order valence-electron chi connectivity index (χ2n) is 7.07. The largest absolute Gasteiger partial charge is 0.496 e. The predicted molar refractivity (Wildman–Crippen MR) is 105 cm³/mol. The number of hydrogen-bond acceptors (Lipinski definition) is 4. The molecule has 1 fully saturated rings.